The maximum atomic E-state index is 12.2. The fourth-order valence-electron chi connectivity index (χ4n) is 3.02. The van der Waals surface area contributed by atoms with Gasteiger partial charge in [-0.05, 0) is 42.3 Å². The minimum Gasteiger partial charge on any atom is -0.445 e. The van der Waals surface area contributed by atoms with E-state index in [-0.39, 0.29) is 18.5 Å². The fraction of sp³-hybridized carbons (Fsp3) is 0.286. The van der Waals surface area contributed by atoms with E-state index in [0.29, 0.717) is 18.5 Å². The lowest BCUT2D eigenvalue weighted by Crippen LogP contribution is -2.29. The van der Waals surface area contributed by atoms with Gasteiger partial charge in [-0.1, -0.05) is 36.4 Å². The normalized spacial score (nSPS) is 11.5. The second kappa shape index (κ2) is 9.11. The SMILES string of the molecule is CNS(=O)(=O)Cc1ccc2[nH][14cH]c(CCN(C)C(=O)OCc3ccccc3)c2c1. The van der Waals surface area contributed by atoms with Crippen molar-refractivity contribution < 1.29 is 17.9 Å². The smallest absolute Gasteiger partial charge is 0.409 e. The monoisotopic (exact) mass is 417 g/mol. The lowest BCUT2D eigenvalue weighted by atomic mass is 10.1. The molecule has 0 radical (unpaired) electrons. The number of aromatic nitrogens is 1. The molecule has 3 aromatic rings. The van der Waals surface area contributed by atoms with Crippen molar-refractivity contribution in [1.29, 1.82) is 0 Å². The first kappa shape index (κ1) is 20.9. The Kier molecular flexibility index (Phi) is 6.56. The number of amides is 1. The van der Waals surface area contributed by atoms with Gasteiger partial charge in [0, 0.05) is 30.7 Å². The number of nitrogens with one attached hydrogen (secondary N) is 2. The van der Waals surface area contributed by atoms with Crippen LogP contribution in [0.25, 0.3) is 10.9 Å². The van der Waals surface area contributed by atoms with Crippen LogP contribution in [0.1, 0.15) is 16.7 Å². The van der Waals surface area contributed by atoms with Crippen LogP contribution >= 0.6 is 0 Å². The number of sulfonamides is 1. The van der Waals surface area contributed by atoms with Gasteiger partial charge in [0.25, 0.3) is 0 Å². The summed E-state index contributed by atoms with van der Waals surface area (Å²) in [7, 11) is -0.226. The zero-order chi connectivity index (χ0) is 20.9. The Hall–Kier alpha value is -2.84. The van der Waals surface area contributed by atoms with Crippen molar-refractivity contribution >= 4 is 27.0 Å². The van der Waals surface area contributed by atoms with Gasteiger partial charge in [0.2, 0.25) is 10.0 Å². The van der Waals surface area contributed by atoms with Crippen molar-refractivity contribution in [3.8, 4) is 0 Å². The Bertz CT molecular complexity index is 1080. The summed E-state index contributed by atoms with van der Waals surface area (Å²) in [6.07, 6.45) is 2.14. The third-order valence-electron chi connectivity index (χ3n) is 4.73. The molecule has 1 amide bonds. The molecule has 8 heteroatoms. The van der Waals surface area contributed by atoms with E-state index in [1.807, 2.05) is 48.7 Å². The summed E-state index contributed by atoms with van der Waals surface area (Å²) in [5, 5.41) is 0.958. The number of fused-ring (bicyclic) bond motifs is 1. The topological polar surface area (TPSA) is 91.5 Å². The number of carbonyl (C=O) groups excluding carboxylic acids is 1. The van der Waals surface area contributed by atoms with Gasteiger partial charge in [-0.3, -0.25) is 0 Å². The number of likely N-dealkylation sites (N-methyl/N-ethyl adjacent to an activating group) is 1. The Morgan fingerprint density at radius 2 is 1.93 bits per heavy atom. The van der Waals surface area contributed by atoms with E-state index in [9.17, 15) is 13.2 Å². The fourth-order valence-corrected chi connectivity index (χ4v) is 3.79. The molecular formula is C21H25N3O4S. The highest BCUT2D eigenvalue weighted by Crippen LogP contribution is 2.21. The molecule has 2 aromatic carbocycles. The summed E-state index contributed by atoms with van der Waals surface area (Å²) in [6.45, 7) is 0.722. The third kappa shape index (κ3) is 5.58. The number of nitrogens with zero attached hydrogens (tertiary/aromatic N) is 1. The maximum Gasteiger partial charge on any atom is 0.409 e. The van der Waals surface area contributed by atoms with Gasteiger partial charge in [0.05, 0.1) is 5.75 Å². The van der Waals surface area contributed by atoms with Crippen LogP contribution in [0, 0.1) is 0 Å². The highest BCUT2D eigenvalue weighted by Gasteiger charge is 2.13. The van der Waals surface area contributed by atoms with Crippen molar-refractivity contribution in [2.45, 2.75) is 18.8 Å². The number of rotatable bonds is 8. The minimum absolute atomic E-state index is 0.0736. The standard InChI is InChI=1S/C21H25N3O4S/c1-22-29(26,27)15-17-8-9-20-19(12-17)18(13-23-20)10-11-24(2)21(25)28-14-16-6-4-3-5-7-16/h3-9,12-13,22-23H,10-11,14-15H2,1-2H3/i13+2. The van der Waals surface area contributed by atoms with E-state index >= 15 is 0 Å². The first-order valence-corrected chi connectivity index (χ1v) is 10.9. The van der Waals surface area contributed by atoms with E-state index in [2.05, 4.69) is 9.71 Å². The zero-order valence-corrected chi connectivity index (χ0v) is 17.3. The molecule has 0 fully saturated rings. The van der Waals surface area contributed by atoms with Crippen LogP contribution in [-0.2, 0) is 33.5 Å². The summed E-state index contributed by atoms with van der Waals surface area (Å²) in [6, 6.07) is 15.1. The number of ether oxygens (including phenoxy) is 1. The first-order valence-electron chi connectivity index (χ1n) is 9.30. The average Bonchev–Trinajstić information content (AvgIpc) is 3.13. The third-order valence-corrected chi connectivity index (χ3v) is 6.07. The average molecular weight is 418 g/mol. The number of hydrogen-bond donors (Lipinski definition) is 2. The van der Waals surface area contributed by atoms with Gasteiger partial charge >= 0.3 is 6.09 Å². The molecule has 0 saturated heterocycles. The van der Waals surface area contributed by atoms with Gasteiger partial charge in [-0.2, -0.15) is 0 Å². The number of aromatic amines is 1. The molecule has 1 heterocycles. The summed E-state index contributed by atoms with van der Waals surface area (Å²) in [4.78, 5) is 16.9. The molecule has 154 valence electrons. The van der Waals surface area contributed by atoms with Crippen LogP contribution in [0.15, 0.2) is 54.7 Å². The summed E-state index contributed by atoms with van der Waals surface area (Å²) >= 11 is 0. The summed E-state index contributed by atoms with van der Waals surface area (Å²) in [5.74, 6) is -0.0736. The van der Waals surface area contributed by atoms with Crippen molar-refractivity contribution in [2.24, 2.45) is 0 Å². The lowest BCUT2D eigenvalue weighted by Gasteiger charge is -2.17. The molecule has 3 rings (SSSR count). The van der Waals surface area contributed by atoms with Crippen LogP contribution < -0.4 is 4.72 Å². The molecule has 0 aliphatic carbocycles. The number of hydrogen-bond acceptors (Lipinski definition) is 4. The quantitative estimate of drug-likeness (QED) is 0.589. The van der Waals surface area contributed by atoms with E-state index in [1.54, 1.807) is 13.1 Å². The molecule has 0 bridgehead atoms. The Balaban J connectivity index is 1.61. The lowest BCUT2D eigenvalue weighted by molar-refractivity contribution is 0.105. The van der Waals surface area contributed by atoms with Gasteiger partial charge in [-0.25, -0.2) is 17.9 Å². The van der Waals surface area contributed by atoms with Crippen LogP contribution in [-0.4, -0.2) is 45.0 Å². The Morgan fingerprint density at radius 1 is 1.17 bits per heavy atom. The Labute approximate surface area is 170 Å². The number of H-pyrrole nitrogens is 1. The van der Waals surface area contributed by atoms with Crippen molar-refractivity contribution in [1.82, 2.24) is 14.6 Å². The zero-order valence-electron chi connectivity index (χ0n) is 16.5. The van der Waals surface area contributed by atoms with Crippen LogP contribution in [0.3, 0.4) is 0 Å². The Morgan fingerprint density at radius 3 is 2.66 bits per heavy atom. The van der Waals surface area contributed by atoms with Gasteiger partial charge < -0.3 is 14.6 Å². The molecule has 0 spiro atoms. The van der Waals surface area contributed by atoms with Crippen molar-refractivity contribution in [2.75, 3.05) is 20.6 Å². The van der Waals surface area contributed by atoms with Crippen molar-refractivity contribution in [3.05, 3.63) is 71.4 Å². The van der Waals surface area contributed by atoms with E-state index in [4.69, 9.17) is 4.74 Å². The maximum absolute atomic E-state index is 12.2. The van der Waals surface area contributed by atoms with E-state index < -0.39 is 10.0 Å². The number of benzene rings is 2. The molecule has 0 saturated carbocycles. The van der Waals surface area contributed by atoms with E-state index in [1.165, 1.54) is 11.9 Å². The highest BCUT2D eigenvalue weighted by atomic mass is 32.2. The second-order valence-electron chi connectivity index (χ2n) is 6.87. The van der Waals surface area contributed by atoms with Crippen LogP contribution in [0.2, 0.25) is 0 Å². The molecule has 0 aliphatic heterocycles. The minimum atomic E-state index is -3.33. The van der Waals surface area contributed by atoms with Crippen LogP contribution in [0.4, 0.5) is 4.79 Å². The van der Waals surface area contributed by atoms with Crippen molar-refractivity contribution in [3.63, 3.8) is 0 Å². The second-order valence-corrected chi connectivity index (χ2v) is 8.80. The van der Waals surface area contributed by atoms with E-state index in [0.717, 1.165) is 22.0 Å². The molecule has 29 heavy (non-hydrogen) atoms. The number of carbonyl (C=O) groups is 1. The molecule has 2 N–H and O–H groups in total. The summed E-state index contributed by atoms with van der Waals surface area (Å²) < 4.78 is 31.3. The molecule has 0 unspecified atom stereocenters. The molecule has 7 nitrogen and oxygen atoms in total. The first-order chi connectivity index (χ1) is 13.9. The van der Waals surface area contributed by atoms with Gasteiger partial charge in [0.1, 0.15) is 6.61 Å². The summed E-state index contributed by atoms with van der Waals surface area (Å²) in [5.41, 5.74) is 3.60. The van der Waals surface area contributed by atoms with Gasteiger partial charge in [-0.15, -0.1) is 0 Å². The van der Waals surface area contributed by atoms with Gasteiger partial charge in [0.15, 0.2) is 0 Å². The predicted octanol–water partition coefficient (Wildman–Crippen LogP) is 3.03. The molecule has 0 aliphatic rings. The largest absolute Gasteiger partial charge is 0.445 e. The van der Waals surface area contributed by atoms with Crippen LogP contribution in [0.5, 0.6) is 0 Å². The molecule has 1 aromatic heterocycles. The predicted molar refractivity (Wildman–Crippen MR) is 113 cm³/mol. The molecular weight excluding hydrogens is 392 g/mol. The highest BCUT2D eigenvalue weighted by molar-refractivity contribution is 7.88. The molecule has 0 atom stereocenters.